The minimum absolute atomic E-state index is 0.0716. The monoisotopic (exact) mass is 242 g/mol. The number of ether oxygens (including phenoxy) is 1. The second-order valence-corrected chi connectivity index (χ2v) is 4.46. The summed E-state index contributed by atoms with van der Waals surface area (Å²) in [5, 5.41) is 14.6. The van der Waals surface area contributed by atoms with Crippen LogP contribution in [0.1, 0.15) is 0 Å². The standard InChI is InChI=1S/C10H14N2O3S/c13-6-8-7-15-4-3-12(8)10(14)11-9-2-1-5-16-9/h1-2,5,8,13H,3-4,6-7H2,(H,11,14). The predicted octanol–water partition coefficient (Wildman–Crippen LogP) is 0.973. The van der Waals surface area contributed by atoms with Gasteiger partial charge in [-0.3, -0.25) is 5.32 Å². The summed E-state index contributed by atoms with van der Waals surface area (Å²) in [6.45, 7) is 1.36. The van der Waals surface area contributed by atoms with Gasteiger partial charge in [0.2, 0.25) is 0 Å². The van der Waals surface area contributed by atoms with Gasteiger partial charge in [0.05, 0.1) is 30.9 Å². The maximum Gasteiger partial charge on any atom is 0.322 e. The van der Waals surface area contributed by atoms with E-state index in [1.54, 1.807) is 4.90 Å². The molecule has 1 saturated heterocycles. The fourth-order valence-corrected chi connectivity index (χ4v) is 2.21. The van der Waals surface area contributed by atoms with E-state index in [0.29, 0.717) is 19.8 Å². The van der Waals surface area contributed by atoms with Gasteiger partial charge in [0.15, 0.2) is 0 Å². The average Bonchev–Trinajstić information content (AvgIpc) is 2.81. The smallest absolute Gasteiger partial charge is 0.322 e. The van der Waals surface area contributed by atoms with Crippen LogP contribution < -0.4 is 5.32 Å². The molecule has 0 bridgehead atoms. The van der Waals surface area contributed by atoms with Crippen molar-refractivity contribution in [3.63, 3.8) is 0 Å². The maximum absolute atomic E-state index is 11.9. The number of carbonyl (C=O) groups excluding carboxylic acids is 1. The van der Waals surface area contributed by atoms with Crippen molar-refractivity contribution >= 4 is 22.4 Å². The first-order valence-corrected chi connectivity index (χ1v) is 5.99. The number of urea groups is 1. The third kappa shape index (κ3) is 2.52. The number of hydrogen-bond acceptors (Lipinski definition) is 4. The summed E-state index contributed by atoms with van der Waals surface area (Å²) in [5.74, 6) is 0. The Balaban J connectivity index is 1.97. The molecule has 1 fully saturated rings. The van der Waals surface area contributed by atoms with Crippen LogP contribution in [-0.4, -0.2) is 48.4 Å². The number of nitrogens with zero attached hydrogens (tertiary/aromatic N) is 1. The van der Waals surface area contributed by atoms with Crippen molar-refractivity contribution < 1.29 is 14.6 Å². The van der Waals surface area contributed by atoms with Crippen molar-refractivity contribution in [1.82, 2.24) is 4.90 Å². The van der Waals surface area contributed by atoms with Crippen molar-refractivity contribution in [1.29, 1.82) is 0 Å². The molecule has 5 nitrogen and oxygen atoms in total. The van der Waals surface area contributed by atoms with E-state index in [9.17, 15) is 4.79 Å². The fourth-order valence-electron chi connectivity index (χ4n) is 1.60. The van der Waals surface area contributed by atoms with Crippen LogP contribution in [-0.2, 0) is 4.74 Å². The first-order chi connectivity index (χ1) is 7.81. The highest BCUT2D eigenvalue weighted by atomic mass is 32.1. The van der Waals surface area contributed by atoms with Crippen molar-refractivity contribution in [3.8, 4) is 0 Å². The quantitative estimate of drug-likeness (QED) is 0.812. The molecule has 0 aliphatic carbocycles. The molecule has 1 aliphatic rings. The third-order valence-corrected chi connectivity index (χ3v) is 3.24. The number of morpholine rings is 1. The number of thiophene rings is 1. The second kappa shape index (κ2) is 5.29. The highest BCUT2D eigenvalue weighted by Gasteiger charge is 2.26. The third-order valence-electron chi connectivity index (χ3n) is 2.45. The zero-order chi connectivity index (χ0) is 11.4. The molecule has 1 aliphatic heterocycles. The molecular formula is C10H14N2O3S. The number of rotatable bonds is 2. The first kappa shape index (κ1) is 11.4. The van der Waals surface area contributed by atoms with Gasteiger partial charge < -0.3 is 14.7 Å². The molecule has 0 aromatic carbocycles. The number of carbonyl (C=O) groups is 1. The van der Waals surface area contributed by atoms with Gasteiger partial charge >= 0.3 is 6.03 Å². The minimum atomic E-state index is -0.242. The van der Waals surface area contributed by atoms with Gasteiger partial charge in [0.25, 0.3) is 0 Å². The molecule has 88 valence electrons. The van der Waals surface area contributed by atoms with Crippen LogP contribution in [0.15, 0.2) is 17.5 Å². The van der Waals surface area contributed by atoms with Gasteiger partial charge in [-0.05, 0) is 17.5 Å². The van der Waals surface area contributed by atoms with Gasteiger partial charge in [-0.15, -0.1) is 11.3 Å². The molecule has 2 heterocycles. The second-order valence-electron chi connectivity index (χ2n) is 3.51. The van der Waals surface area contributed by atoms with Crippen LogP contribution in [0.25, 0.3) is 0 Å². The summed E-state index contributed by atoms with van der Waals surface area (Å²) in [6.07, 6.45) is 0. The highest BCUT2D eigenvalue weighted by Crippen LogP contribution is 2.17. The lowest BCUT2D eigenvalue weighted by Crippen LogP contribution is -2.51. The summed E-state index contributed by atoms with van der Waals surface area (Å²) >= 11 is 1.47. The van der Waals surface area contributed by atoms with E-state index in [1.165, 1.54) is 11.3 Å². The van der Waals surface area contributed by atoms with E-state index in [4.69, 9.17) is 9.84 Å². The Bertz CT molecular complexity index is 342. The van der Waals surface area contributed by atoms with Crippen molar-refractivity contribution in [2.45, 2.75) is 6.04 Å². The Morgan fingerprint density at radius 3 is 3.31 bits per heavy atom. The Kier molecular flexibility index (Phi) is 3.76. The Labute approximate surface area is 97.6 Å². The van der Waals surface area contributed by atoms with Gasteiger partial charge in [-0.1, -0.05) is 0 Å². The van der Waals surface area contributed by atoms with Crippen LogP contribution in [0.2, 0.25) is 0 Å². The summed E-state index contributed by atoms with van der Waals surface area (Å²) in [4.78, 5) is 13.5. The SMILES string of the molecule is O=C(Nc1cccs1)N1CCOCC1CO. The molecule has 1 unspecified atom stereocenters. The summed E-state index contributed by atoms with van der Waals surface area (Å²) in [7, 11) is 0. The summed E-state index contributed by atoms with van der Waals surface area (Å²) < 4.78 is 5.21. The maximum atomic E-state index is 11.9. The average molecular weight is 242 g/mol. The molecule has 1 aromatic heterocycles. The number of aliphatic hydroxyl groups is 1. The lowest BCUT2D eigenvalue weighted by atomic mass is 10.2. The van der Waals surface area contributed by atoms with E-state index in [2.05, 4.69) is 5.32 Å². The largest absolute Gasteiger partial charge is 0.394 e. The topological polar surface area (TPSA) is 61.8 Å². The first-order valence-electron chi connectivity index (χ1n) is 5.11. The van der Waals surface area contributed by atoms with Gasteiger partial charge in [-0.25, -0.2) is 4.79 Å². The zero-order valence-electron chi connectivity index (χ0n) is 8.76. The molecule has 2 amide bonds. The van der Waals surface area contributed by atoms with E-state index in [0.717, 1.165) is 5.00 Å². The van der Waals surface area contributed by atoms with Crippen molar-refractivity contribution in [3.05, 3.63) is 17.5 Å². The molecule has 1 aromatic rings. The highest BCUT2D eigenvalue weighted by molar-refractivity contribution is 7.14. The van der Waals surface area contributed by atoms with Crippen LogP contribution >= 0.6 is 11.3 Å². The Morgan fingerprint density at radius 1 is 1.75 bits per heavy atom. The molecule has 1 atom stereocenters. The van der Waals surface area contributed by atoms with Crippen molar-refractivity contribution in [2.24, 2.45) is 0 Å². The van der Waals surface area contributed by atoms with Crippen LogP contribution in [0.3, 0.4) is 0 Å². The molecule has 0 spiro atoms. The lowest BCUT2D eigenvalue weighted by molar-refractivity contribution is -0.00483. The Hall–Kier alpha value is -1.11. The predicted molar refractivity (Wildman–Crippen MR) is 61.7 cm³/mol. The number of anilines is 1. The molecule has 0 saturated carbocycles. The molecule has 2 N–H and O–H groups in total. The number of nitrogens with one attached hydrogen (secondary N) is 1. The molecular weight excluding hydrogens is 228 g/mol. The number of amides is 2. The van der Waals surface area contributed by atoms with Gasteiger partial charge in [0.1, 0.15) is 0 Å². The van der Waals surface area contributed by atoms with Crippen molar-refractivity contribution in [2.75, 3.05) is 31.7 Å². The molecule has 0 radical (unpaired) electrons. The van der Waals surface area contributed by atoms with Gasteiger partial charge in [0, 0.05) is 6.54 Å². The zero-order valence-corrected chi connectivity index (χ0v) is 9.57. The van der Waals surface area contributed by atoms with Crippen LogP contribution in [0, 0.1) is 0 Å². The van der Waals surface area contributed by atoms with Gasteiger partial charge in [-0.2, -0.15) is 0 Å². The number of hydrogen-bond donors (Lipinski definition) is 2. The Morgan fingerprint density at radius 2 is 2.62 bits per heavy atom. The minimum Gasteiger partial charge on any atom is -0.394 e. The lowest BCUT2D eigenvalue weighted by Gasteiger charge is -2.34. The summed E-state index contributed by atoms with van der Waals surface area (Å²) in [6, 6.07) is 3.30. The van der Waals surface area contributed by atoms with Crippen LogP contribution in [0.4, 0.5) is 9.80 Å². The van der Waals surface area contributed by atoms with E-state index in [-0.39, 0.29) is 18.7 Å². The van der Waals surface area contributed by atoms with E-state index < -0.39 is 0 Å². The molecule has 6 heteroatoms. The van der Waals surface area contributed by atoms with Crippen LogP contribution in [0.5, 0.6) is 0 Å². The molecule has 2 rings (SSSR count). The number of aliphatic hydroxyl groups excluding tert-OH is 1. The van der Waals surface area contributed by atoms with E-state index in [1.807, 2.05) is 17.5 Å². The summed E-state index contributed by atoms with van der Waals surface area (Å²) in [5.41, 5.74) is 0. The van der Waals surface area contributed by atoms with E-state index >= 15 is 0 Å². The molecule has 16 heavy (non-hydrogen) atoms. The fraction of sp³-hybridized carbons (Fsp3) is 0.500. The normalized spacial score (nSPS) is 20.8.